The largest absolute Gasteiger partial charge is 0.412 e. The van der Waals surface area contributed by atoms with Crippen molar-refractivity contribution >= 4 is 0 Å². The molecule has 0 saturated heterocycles. The van der Waals surface area contributed by atoms with Crippen LogP contribution in [0.25, 0.3) is 0 Å². The van der Waals surface area contributed by atoms with Crippen molar-refractivity contribution in [1.29, 1.82) is 0 Å². The Morgan fingerprint density at radius 3 is 2.30 bits per heavy atom. The van der Waals surface area contributed by atoms with Gasteiger partial charge in [0.05, 0.1) is 0 Å². The predicted octanol–water partition coefficient (Wildman–Crippen LogP) is 0.361. The zero-order valence-electron chi connectivity index (χ0n) is 6.60. The van der Waals surface area contributed by atoms with Crippen molar-refractivity contribution in [2.24, 2.45) is 0 Å². The molecule has 0 aliphatic rings. The fourth-order valence-electron chi connectivity index (χ4n) is 0.515. The molecular weight excluding hydrogens is 132 g/mol. The lowest BCUT2D eigenvalue weighted by molar-refractivity contribution is 0.114. The van der Waals surface area contributed by atoms with Crippen LogP contribution in [0, 0.1) is 0 Å². The van der Waals surface area contributed by atoms with Gasteiger partial charge in [0.15, 0.2) is 0 Å². The van der Waals surface area contributed by atoms with Gasteiger partial charge in [0.2, 0.25) is 0 Å². The minimum atomic E-state index is 0. The molecule has 0 atom stereocenters. The Hall–Kier alpha value is -0.120. The molecular formula is C7H18O3. The van der Waals surface area contributed by atoms with Crippen LogP contribution in [0.3, 0.4) is 0 Å². The standard InChI is InChI=1S/C7H16O2.H2O/c1-2-3-6-9-7-4-5-8;/h8H,2-7H2,1H3;1H2. The Kier molecular flexibility index (Phi) is 14.6. The normalized spacial score (nSPS) is 9.00. The molecule has 0 amide bonds. The zero-order valence-corrected chi connectivity index (χ0v) is 6.60. The molecule has 0 aromatic rings. The molecule has 0 rings (SSSR count). The lowest BCUT2D eigenvalue weighted by Gasteiger charge is -1.99. The maximum Gasteiger partial charge on any atom is 0.0487 e. The molecule has 3 nitrogen and oxygen atoms in total. The smallest absolute Gasteiger partial charge is 0.0487 e. The summed E-state index contributed by atoms with van der Waals surface area (Å²) in [5, 5.41) is 8.34. The quantitative estimate of drug-likeness (QED) is 0.556. The van der Waals surface area contributed by atoms with Crippen LogP contribution in [0.15, 0.2) is 0 Å². The van der Waals surface area contributed by atoms with Crippen molar-refractivity contribution in [1.82, 2.24) is 0 Å². The summed E-state index contributed by atoms with van der Waals surface area (Å²) in [6, 6.07) is 0. The van der Waals surface area contributed by atoms with E-state index in [9.17, 15) is 0 Å². The van der Waals surface area contributed by atoms with Crippen LogP contribution in [0.5, 0.6) is 0 Å². The van der Waals surface area contributed by atoms with Crippen LogP contribution in [-0.2, 0) is 4.74 Å². The molecule has 0 heterocycles. The van der Waals surface area contributed by atoms with E-state index >= 15 is 0 Å². The van der Waals surface area contributed by atoms with Crippen LogP contribution >= 0.6 is 0 Å². The molecule has 0 aliphatic carbocycles. The topological polar surface area (TPSA) is 61.0 Å². The number of aliphatic hydroxyl groups excluding tert-OH is 1. The molecule has 3 heteroatoms. The summed E-state index contributed by atoms with van der Waals surface area (Å²) in [6.07, 6.45) is 3.08. The number of unbranched alkanes of at least 4 members (excludes halogenated alkanes) is 1. The average Bonchev–Trinajstić information content (AvgIpc) is 1.89. The predicted molar refractivity (Wildman–Crippen MR) is 41.0 cm³/mol. The van der Waals surface area contributed by atoms with Gasteiger partial charge in [-0.05, 0) is 12.8 Å². The van der Waals surface area contributed by atoms with E-state index in [1.807, 2.05) is 0 Å². The summed E-state index contributed by atoms with van der Waals surface area (Å²) in [5.41, 5.74) is 0. The molecule has 0 radical (unpaired) electrons. The monoisotopic (exact) mass is 150 g/mol. The van der Waals surface area contributed by atoms with E-state index in [1.165, 1.54) is 6.42 Å². The number of rotatable bonds is 6. The van der Waals surface area contributed by atoms with Crippen molar-refractivity contribution < 1.29 is 15.3 Å². The van der Waals surface area contributed by atoms with Crippen LogP contribution in [0.4, 0.5) is 0 Å². The first-order chi connectivity index (χ1) is 4.41. The molecule has 64 valence electrons. The van der Waals surface area contributed by atoms with Gasteiger partial charge < -0.3 is 15.3 Å². The number of aliphatic hydroxyl groups is 1. The summed E-state index contributed by atoms with van der Waals surface area (Å²) in [4.78, 5) is 0. The Morgan fingerprint density at radius 2 is 1.80 bits per heavy atom. The second-order valence-corrected chi connectivity index (χ2v) is 2.04. The highest BCUT2D eigenvalue weighted by atomic mass is 16.5. The summed E-state index contributed by atoms with van der Waals surface area (Å²) in [6.45, 7) is 3.93. The van der Waals surface area contributed by atoms with Gasteiger partial charge in [0, 0.05) is 19.8 Å². The molecule has 0 spiro atoms. The molecule has 0 saturated carbocycles. The van der Waals surface area contributed by atoms with Crippen LogP contribution in [0.1, 0.15) is 26.2 Å². The number of ether oxygens (including phenoxy) is 1. The molecule has 0 unspecified atom stereocenters. The molecule has 3 N–H and O–H groups in total. The van der Waals surface area contributed by atoms with E-state index in [0.717, 1.165) is 19.4 Å². The van der Waals surface area contributed by atoms with Crippen LogP contribution < -0.4 is 0 Å². The van der Waals surface area contributed by atoms with Gasteiger partial charge >= 0.3 is 0 Å². The van der Waals surface area contributed by atoms with Gasteiger partial charge in [-0.2, -0.15) is 0 Å². The SMILES string of the molecule is CCCCOCCCO.O. The van der Waals surface area contributed by atoms with Crippen molar-refractivity contribution in [3.8, 4) is 0 Å². The zero-order chi connectivity index (χ0) is 6.95. The van der Waals surface area contributed by atoms with Gasteiger partial charge in [0.25, 0.3) is 0 Å². The summed E-state index contributed by atoms with van der Waals surface area (Å²) in [7, 11) is 0. The molecule has 10 heavy (non-hydrogen) atoms. The van der Waals surface area contributed by atoms with E-state index in [4.69, 9.17) is 9.84 Å². The van der Waals surface area contributed by atoms with E-state index in [2.05, 4.69) is 6.92 Å². The molecule has 0 aromatic carbocycles. The Morgan fingerprint density at radius 1 is 1.20 bits per heavy atom. The first-order valence-electron chi connectivity index (χ1n) is 3.60. The van der Waals surface area contributed by atoms with Crippen molar-refractivity contribution in [3.05, 3.63) is 0 Å². The fourth-order valence-corrected chi connectivity index (χ4v) is 0.515. The fraction of sp³-hybridized carbons (Fsp3) is 1.00. The Labute approximate surface area is 62.3 Å². The molecule has 0 aromatic heterocycles. The molecule has 0 bridgehead atoms. The van der Waals surface area contributed by atoms with Crippen LogP contribution in [-0.4, -0.2) is 30.4 Å². The van der Waals surface area contributed by atoms with Gasteiger partial charge in [-0.15, -0.1) is 0 Å². The Balaban J connectivity index is 0. The second-order valence-electron chi connectivity index (χ2n) is 2.04. The van der Waals surface area contributed by atoms with Gasteiger partial charge in [-0.25, -0.2) is 0 Å². The van der Waals surface area contributed by atoms with E-state index in [1.54, 1.807) is 0 Å². The summed E-state index contributed by atoms with van der Waals surface area (Å²) >= 11 is 0. The summed E-state index contributed by atoms with van der Waals surface area (Å²) < 4.78 is 5.15. The minimum absolute atomic E-state index is 0. The van der Waals surface area contributed by atoms with Gasteiger partial charge in [-0.3, -0.25) is 0 Å². The highest BCUT2D eigenvalue weighted by Gasteiger charge is 1.85. The highest BCUT2D eigenvalue weighted by Crippen LogP contribution is 1.88. The highest BCUT2D eigenvalue weighted by molar-refractivity contribution is 4.33. The number of hydrogen-bond donors (Lipinski definition) is 1. The van der Waals surface area contributed by atoms with Gasteiger partial charge in [-0.1, -0.05) is 13.3 Å². The van der Waals surface area contributed by atoms with Crippen molar-refractivity contribution in [2.45, 2.75) is 26.2 Å². The molecule has 0 fully saturated rings. The third-order valence-corrected chi connectivity index (χ3v) is 1.09. The third kappa shape index (κ3) is 10.8. The second kappa shape index (κ2) is 11.6. The van der Waals surface area contributed by atoms with Crippen molar-refractivity contribution in [3.63, 3.8) is 0 Å². The maximum atomic E-state index is 8.34. The summed E-state index contributed by atoms with van der Waals surface area (Å²) in [5.74, 6) is 0. The van der Waals surface area contributed by atoms with E-state index in [-0.39, 0.29) is 12.1 Å². The van der Waals surface area contributed by atoms with Crippen molar-refractivity contribution in [2.75, 3.05) is 19.8 Å². The lowest BCUT2D eigenvalue weighted by Crippen LogP contribution is -1.98. The van der Waals surface area contributed by atoms with E-state index < -0.39 is 0 Å². The van der Waals surface area contributed by atoms with Crippen LogP contribution in [0.2, 0.25) is 0 Å². The maximum absolute atomic E-state index is 8.34. The average molecular weight is 150 g/mol. The first kappa shape index (κ1) is 12.5. The van der Waals surface area contributed by atoms with Gasteiger partial charge in [0.1, 0.15) is 0 Å². The minimum Gasteiger partial charge on any atom is -0.412 e. The molecule has 0 aliphatic heterocycles. The number of hydrogen-bond acceptors (Lipinski definition) is 2. The van der Waals surface area contributed by atoms with E-state index in [0.29, 0.717) is 6.61 Å². The Bertz CT molecular complexity index is 42.1. The third-order valence-electron chi connectivity index (χ3n) is 1.09. The first-order valence-corrected chi connectivity index (χ1v) is 3.60. The lowest BCUT2D eigenvalue weighted by atomic mass is 10.4.